The minimum absolute atomic E-state index is 0.0670. The molecular formula is C11H16ClN3O4S. The fraction of sp³-hybridized carbons (Fsp3) is 0.455. The third kappa shape index (κ3) is 5.32. The van der Waals surface area contributed by atoms with Crippen molar-refractivity contribution in [1.82, 2.24) is 4.72 Å². The molecule has 1 aromatic rings. The highest BCUT2D eigenvalue weighted by molar-refractivity contribution is 7.88. The van der Waals surface area contributed by atoms with Gasteiger partial charge < -0.3 is 5.32 Å². The van der Waals surface area contributed by atoms with Crippen molar-refractivity contribution in [2.75, 3.05) is 24.7 Å². The first-order valence-electron chi connectivity index (χ1n) is 5.84. The van der Waals surface area contributed by atoms with Crippen LogP contribution in [0.2, 0.25) is 5.02 Å². The minimum Gasteiger partial charge on any atom is -0.385 e. The Balaban J connectivity index is 2.57. The van der Waals surface area contributed by atoms with Crippen molar-refractivity contribution in [3.8, 4) is 0 Å². The van der Waals surface area contributed by atoms with Crippen LogP contribution in [0.25, 0.3) is 0 Å². The van der Waals surface area contributed by atoms with Crippen LogP contribution in [0, 0.1) is 17.0 Å². The second-order valence-electron chi connectivity index (χ2n) is 4.32. The van der Waals surface area contributed by atoms with Crippen molar-refractivity contribution in [1.29, 1.82) is 0 Å². The summed E-state index contributed by atoms with van der Waals surface area (Å²) >= 11 is 5.82. The molecule has 2 N–H and O–H groups in total. The van der Waals surface area contributed by atoms with Crippen molar-refractivity contribution >= 4 is 33.0 Å². The van der Waals surface area contributed by atoms with Gasteiger partial charge >= 0.3 is 0 Å². The molecule has 0 radical (unpaired) electrons. The van der Waals surface area contributed by atoms with Gasteiger partial charge in [0.25, 0.3) is 5.69 Å². The van der Waals surface area contributed by atoms with E-state index in [4.69, 9.17) is 11.6 Å². The molecule has 0 saturated heterocycles. The highest BCUT2D eigenvalue weighted by Gasteiger charge is 2.14. The summed E-state index contributed by atoms with van der Waals surface area (Å²) in [6.45, 7) is 2.59. The first-order chi connectivity index (χ1) is 9.20. The molecule has 1 aromatic carbocycles. The van der Waals surface area contributed by atoms with Gasteiger partial charge in [-0.15, -0.1) is 0 Å². The molecule has 0 aliphatic heterocycles. The number of sulfonamides is 1. The largest absolute Gasteiger partial charge is 0.385 e. The average molecular weight is 322 g/mol. The van der Waals surface area contributed by atoms with Crippen LogP contribution in [-0.4, -0.2) is 32.7 Å². The average Bonchev–Trinajstić information content (AvgIpc) is 2.30. The predicted molar refractivity (Wildman–Crippen MR) is 78.8 cm³/mol. The van der Waals surface area contributed by atoms with Crippen LogP contribution in [0.1, 0.15) is 12.0 Å². The maximum Gasteiger partial charge on any atom is 0.288 e. The van der Waals surface area contributed by atoms with Crippen molar-refractivity contribution in [2.45, 2.75) is 13.3 Å². The first-order valence-corrected chi connectivity index (χ1v) is 8.10. The Morgan fingerprint density at radius 1 is 1.35 bits per heavy atom. The number of hydrogen-bond acceptors (Lipinski definition) is 5. The summed E-state index contributed by atoms with van der Waals surface area (Å²) in [5.41, 5.74) is 1.27. The zero-order valence-electron chi connectivity index (χ0n) is 11.1. The monoisotopic (exact) mass is 321 g/mol. The second-order valence-corrected chi connectivity index (χ2v) is 6.56. The molecule has 0 heterocycles. The molecule has 0 unspecified atom stereocenters. The zero-order valence-corrected chi connectivity index (χ0v) is 12.7. The number of benzene rings is 1. The molecule has 0 spiro atoms. The lowest BCUT2D eigenvalue weighted by Crippen LogP contribution is -2.24. The van der Waals surface area contributed by atoms with Crippen LogP contribution in [0.3, 0.4) is 0 Å². The molecule has 0 bridgehead atoms. The summed E-state index contributed by atoms with van der Waals surface area (Å²) in [7, 11) is -3.17. The van der Waals surface area contributed by atoms with Crippen LogP contribution in [0.4, 0.5) is 11.4 Å². The predicted octanol–water partition coefficient (Wildman–Crippen LogP) is 1.91. The van der Waals surface area contributed by atoms with Crippen molar-refractivity contribution in [2.24, 2.45) is 0 Å². The molecule has 0 aliphatic carbocycles. The number of aryl methyl sites for hydroxylation is 1. The lowest BCUT2D eigenvalue weighted by Gasteiger charge is -2.10. The molecule has 0 aromatic heterocycles. The first kappa shape index (κ1) is 16.7. The molecule has 0 saturated carbocycles. The van der Waals surface area contributed by atoms with Gasteiger partial charge in [0, 0.05) is 24.8 Å². The van der Waals surface area contributed by atoms with E-state index in [1.807, 2.05) is 0 Å². The topological polar surface area (TPSA) is 101 Å². The van der Waals surface area contributed by atoms with Crippen LogP contribution >= 0.6 is 11.6 Å². The summed E-state index contributed by atoms with van der Waals surface area (Å²) in [4.78, 5) is 10.2. The zero-order chi connectivity index (χ0) is 15.3. The Hall–Kier alpha value is -1.38. The summed E-state index contributed by atoms with van der Waals surface area (Å²) < 4.78 is 24.1. The van der Waals surface area contributed by atoms with E-state index in [0.717, 1.165) is 6.26 Å². The number of hydrogen-bond donors (Lipinski definition) is 2. The van der Waals surface area contributed by atoms with Gasteiger partial charge in [-0.3, -0.25) is 10.1 Å². The Kier molecular flexibility index (Phi) is 5.73. The highest BCUT2D eigenvalue weighted by atomic mass is 35.5. The van der Waals surface area contributed by atoms with E-state index in [1.54, 1.807) is 6.92 Å². The number of rotatable bonds is 7. The molecule has 112 valence electrons. The molecular weight excluding hydrogens is 306 g/mol. The third-order valence-electron chi connectivity index (χ3n) is 2.52. The van der Waals surface area contributed by atoms with Crippen molar-refractivity contribution in [3.05, 3.63) is 32.8 Å². The molecule has 9 heteroatoms. The highest BCUT2D eigenvalue weighted by Crippen LogP contribution is 2.30. The molecule has 1 rings (SSSR count). The van der Waals surface area contributed by atoms with Crippen LogP contribution < -0.4 is 10.0 Å². The van der Waals surface area contributed by atoms with Gasteiger partial charge in [0.1, 0.15) is 5.02 Å². The molecule has 0 fully saturated rings. The molecule has 0 aliphatic rings. The Labute approximate surface area is 122 Å². The Morgan fingerprint density at radius 3 is 2.55 bits per heavy atom. The van der Waals surface area contributed by atoms with E-state index >= 15 is 0 Å². The quantitative estimate of drug-likeness (QED) is 0.454. The van der Waals surface area contributed by atoms with Gasteiger partial charge in [0.15, 0.2) is 0 Å². The van der Waals surface area contributed by atoms with Gasteiger partial charge in [0.2, 0.25) is 10.0 Å². The maximum absolute atomic E-state index is 10.9. The standard InChI is InChI=1S/C11H16ClN3O4S/c1-8-6-11(15(16)17)9(12)7-10(8)13-4-3-5-14-20(2,18)19/h6-7,13-14H,3-5H2,1-2H3. The third-order valence-corrected chi connectivity index (χ3v) is 3.56. The molecule has 0 amide bonds. The van der Waals surface area contributed by atoms with E-state index in [9.17, 15) is 18.5 Å². The fourth-order valence-electron chi connectivity index (χ4n) is 1.57. The number of nitro benzene ring substituents is 1. The number of nitro groups is 1. The van der Waals surface area contributed by atoms with E-state index in [-0.39, 0.29) is 10.7 Å². The van der Waals surface area contributed by atoms with E-state index in [2.05, 4.69) is 10.0 Å². The van der Waals surface area contributed by atoms with E-state index in [0.29, 0.717) is 30.8 Å². The summed E-state index contributed by atoms with van der Waals surface area (Å²) in [5, 5.41) is 13.8. The fourth-order valence-corrected chi connectivity index (χ4v) is 2.31. The van der Waals surface area contributed by atoms with Gasteiger partial charge in [-0.2, -0.15) is 0 Å². The van der Waals surface area contributed by atoms with Crippen molar-refractivity contribution < 1.29 is 13.3 Å². The summed E-state index contributed by atoms with van der Waals surface area (Å²) in [6, 6.07) is 2.90. The number of nitrogens with one attached hydrogen (secondary N) is 2. The van der Waals surface area contributed by atoms with Gasteiger partial charge in [-0.1, -0.05) is 11.6 Å². The second kappa shape index (κ2) is 6.87. The lowest BCUT2D eigenvalue weighted by atomic mass is 10.1. The van der Waals surface area contributed by atoms with Crippen molar-refractivity contribution in [3.63, 3.8) is 0 Å². The van der Waals surface area contributed by atoms with Gasteiger partial charge in [-0.05, 0) is 25.0 Å². The van der Waals surface area contributed by atoms with Crippen LogP contribution in [0.5, 0.6) is 0 Å². The Bertz CT molecular complexity index is 604. The van der Waals surface area contributed by atoms with Crippen LogP contribution in [-0.2, 0) is 10.0 Å². The lowest BCUT2D eigenvalue weighted by molar-refractivity contribution is -0.384. The number of nitrogens with zero attached hydrogens (tertiary/aromatic N) is 1. The van der Waals surface area contributed by atoms with Crippen LogP contribution in [0.15, 0.2) is 12.1 Å². The Morgan fingerprint density at radius 2 is 2.00 bits per heavy atom. The smallest absolute Gasteiger partial charge is 0.288 e. The summed E-state index contributed by atoms with van der Waals surface area (Å²) in [5.74, 6) is 0. The molecule has 7 nitrogen and oxygen atoms in total. The minimum atomic E-state index is -3.17. The van der Waals surface area contributed by atoms with E-state index in [1.165, 1.54) is 12.1 Å². The number of halogens is 1. The van der Waals surface area contributed by atoms with E-state index < -0.39 is 14.9 Å². The number of anilines is 1. The van der Waals surface area contributed by atoms with Gasteiger partial charge in [-0.25, -0.2) is 13.1 Å². The SMILES string of the molecule is Cc1cc([N+](=O)[O-])c(Cl)cc1NCCCNS(C)(=O)=O. The van der Waals surface area contributed by atoms with Gasteiger partial charge in [0.05, 0.1) is 11.2 Å². The normalized spacial score (nSPS) is 11.3. The molecule has 0 atom stereocenters. The summed E-state index contributed by atoms with van der Waals surface area (Å²) in [6.07, 6.45) is 1.68. The molecule has 20 heavy (non-hydrogen) atoms. The maximum atomic E-state index is 10.9.